The van der Waals surface area contributed by atoms with Crippen molar-refractivity contribution in [3.8, 4) is 17.2 Å². The Hall–Kier alpha value is -1.98. The largest absolute Gasteiger partial charge is 0.493 e. The molecule has 3 aromatic rings. The molecule has 3 rings (SSSR count). The van der Waals surface area contributed by atoms with Crippen molar-refractivity contribution in [2.24, 2.45) is 0 Å². The predicted molar refractivity (Wildman–Crippen MR) is 118 cm³/mol. The Balaban J connectivity index is 2.40. The van der Waals surface area contributed by atoms with E-state index in [0.717, 1.165) is 14.2 Å². The van der Waals surface area contributed by atoms with Gasteiger partial charge in [0.1, 0.15) is 0 Å². The minimum Gasteiger partial charge on any atom is -0.493 e. The fraction of sp³-hybridized carbons (Fsp3) is 0.143. The third kappa shape index (κ3) is 3.46. The van der Waals surface area contributed by atoms with E-state index in [4.69, 9.17) is 14.2 Å². The lowest BCUT2D eigenvalue weighted by molar-refractivity contribution is 0.323. The Morgan fingerprint density at radius 1 is 0.741 bits per heavy atom. The van der Waals surface area contributed by atoms with E-state index in [1.165, 1.54) is 0 Å². The monoisotopic (exact) mass is 494 g/mol. The van der Waals surface area contributed by atoms with Gasteiger partial charge >= 0.3 is 0 Å². The summed E-state index contributed by atoms with van der Waals surface area (Å²) >= 11 is 2.17. The molecular formula is C21H20IO4P. The van der Waals surface area contributed by atoms with Crippen molar-refractivity contribution in [1.82, 2.24) is 0 Å². The summed E-state index contributed by atoms with van der Waals surface area (Å²) in [6.07, 6.45) is 0. The van der Waals surface area contributed by atoms with Gasteiger partial charge in [-0.05, 0) is 28.7 Å². The van der Waals surface area contributed by atoms with Crippen molar-refractivity contribution in [1.29, 1.82) is 0 Å². The minimum absolute atomic E-state index is 0.483. The van der Waals surface area contributed by atoms with Crippen LogP contribution in [-0.2, 0) is 4.57 Å². The van der Waals surface area contributed by atoms with Crippen LogP contribution in [0.4, 0.5) is 0 Å². The first-order valence-corrected chi connectivity index (χ1v) is 11.1. The maximum Gasteiger partial charge on any atom is 0.204 e. The predicted octanol–water partition coefficient (Wildman–Crippen LogP) is 3.96. The molecule has 0 saturated heterocycles. The second-order valence-electron chi connectivity index (χ2n) is 5.76. The molecule has 0 aromatic heterocycles. The highest BCUT2D eigenvalue weighted by atomic mass is 127. The van der Waals surface area contributed by atoms with Crippen molar-refractivity contribution >= 4 is 45.6 Å². The molecule has 3 aromatic carbocycles. The fourth-order valence-corrected chi connectivity index (χ4v) is 7.40. The fourth-order valence-electron chi connectivity index (χ4n) is 3.04. The average Bonchev–Trinajstić information content (AvgIpc) is 2.73. The molecule has 0 aliphatic carbocycles. The Morgan fingerprint density at radius 3 is 1.63 bits per heavy atom. The van der Waals surface area contributed by atoms with E-state index in [1.807, 2.05) is 60.7 Å². The van der Waals surface area contributed by atoms with Crippen LogP contribution in [-0.4, -0.2) is 21.3 Å². The lowest BCUT2D eigenvalue weighted by Gasteiger charge is -2.24. The van der Waals surface area contributed by atoms with Crippen molar-refractivity contribution < 1.29 is 18.8 Å². The number of halogens is 1. The molecule has 0 bridgehead atoms. The molecule has 0 aliphatic heterocycles. The molecule has 0 aliphatic rings. The van der Waals surface area contributed by atoms with Crippen molar-refractivity contribution in [3.63, 3.8) is 0 Å². The molecule has 6 heteroatoms. The van der Waals surface area contributed by atoms with Gasteiger partial charge in [-0.3, -0.25) is 0 Å². The van der Waals surface area contributed by atoms with E-state index in [0.29, 0.717) is 22.6 Å². The van der Waals surface area contributed by atoms with Crippen molar-refractivity contribution in [2.75, 3.05) is 21.3 Å². The molecule has 0 atom stereocenters. The number of hydrogen-bond donors (Lipinski definition) is 0. The topological polar surface area (TPSA) is 44.8 Å². The summed E-state index contributed by atoms with van der Waals surface area (Å²) in [4.78, 5) is 0. The molecule has 27 heavy (non-hydrogen) atoms. The lowest BCUT2D eigenvalue weighted by atomic mass is 10.3. The third-order valence-electron chi connectivity index (χ3n) is 4.33. The standard InChI is InChI=1S/C21H20IO4P/c1-24-17-14-18(19(22)21(26-3)20(17)25-2)27(23,15-10-6-4-7-11-15)16-12-8-5-9-13-16/h4-14H,1-3H3. The number of ether oxygens (including phenoxy) is 3. The summed E-state index contributed by atoms with van der Waals surface area (Å²) in [6, 6.07) is 20.8. The van der Waals surface area contributed by atoms with Gasteiger partial charge in [-0.15, -0.1) is 0 Å². The van der Waals surface area contributed by atoms with Crippen LogP contribution < -0.4 is 30.1 Å². The zero-order valence-corrected chi connectivity index (χ0v) is 18.4. The van der Waals surface area contributed by atoms with Crippen LogP contribution >= 0.6 is 29.7 Å². The maximum absolute atomic E-state index is 14.6. The van der Waals surface area contributed by atoms with E-state index >= 15 is 0 Å². The zero-order valence-electron chi connectivity index (χ0n) is 15.3. The third-order valence-corrected chi connectivity index (χ3v) is 8.91. The molecule has 0 amide bonds. The smallest absolute Gasteiger partial charge is 0.204 e. The molecule has 0 heterocycles. The highest BCUT2D eigenvalue weighted by Crippen LogP contribution is 2.49. The van der Waals surface area contributed by atoms with E-state index in [2.05, 4.69) is 22.6 Å². The first-order valence-electron chi connectivity index (χ1n) is 8.28. The summed E-state index contributed by atoms with van der Waals surface area (Å²) in [6.45, 7) is 0. The van der Waals surface area contributed by atoms with Gasteiger partial charge in [0.2, 0.25) is 5.75 Å². The van der Waals surface area contributed by atoms with Gasteiger partial charge in [0, 0.05) is 15.9 Å². The Labute approximate surface area is 173 Å². The van der Waals surface area contributed by atoms with Crippen LogP contribution in [0.15, 0.2) is 66.7 Å². The Bertz CT molecular complexity index is 931. The number of benzene rings is 3. The molecular weight excluding hydrogens is 474 g/mol. The zero-order chi connectivity index (χ0) is 19.4. The van der Waals surface area contributed by atoms with E-state index in [9.17, 15) is 4.57 Å². The van der Waals surface area contributed by atoms with Crippen LogP contribution in [0.3, 0.4) is 0 Å². The van der Waals surface area contributed by atoms with Crippen LogP contribution in [0.25, 0.3) is 0 Å². The summed E-state index contributed by atoms with van der Waals surface area (Å²) in [5, 5.41) is 2.17. The molecule has 0 spiro atoms. The van der Waals surface area contributed by atoms with Gasteiger partial charge in [0.25, 0.3) is 0 Å². The number of methoxy groups -OCH3 is 3. The summed E-state index contributed by atoms with van der Waals surface area (Å²) < 4.78 is 31.9. The summed E-state index contributed by atoms with van der Waals surface area (Å²) in [5.74, 6) is 1.48. The van der Waals surface area contributed by atoms with Crippen molar-refractivity contribution in [3.05, 3.63) is 70.3 Å². The summed E-state index contributed by atoms with van der Waals surface area (Å²) in [5.41, 5.74) is 0. The Morgan fingerprint density at radius 2 is 1.22 bits per heavy atom. The second-order valence-corrected chi connectivity index (χ2v) is 9.57. The lowest BCUT2D eigenvalue weighted by Crippen LogP contribution is -2.27. The van der Waals surface area contributed by atoms with Crippen LogP contribution in [0, 0.1) is 3.57 Å². The van der Waals surface area contributed by atoms with E-state index in [1.54, 1.807) is 27.4 Å². The van der Waals surface area contributed by atoms with Crippen LogP contribution in [0.5, 0.6) is 17.2 Å². The SMILES string of the molecule is COc1cc(P(=O)(c2ccccc2)c2ccccc2)c(I)c(OC)c1OC. The van der Waals surface area contributed by atoms with Crippen LogP contribution in [0.1, 0.15) is 0 Å². The van der Waals surface area contributed by atoms with Gasteiger partial charge in [-0.2, -0.15) is 0 Å². The van der Waals surface area contributed by atoms with Gasteiger partial charge in [-0.25, -0.2) is 0 Å². The first kappa shape index (κ1) is 19.8. The highest BCUT2D eigenvalue weighted by molar-refractivity contribution is 14.1. The average molecular weight is 494 g/mol. The van der Waals surface area contributed by atoms with E-state index in [-0.39, 0.29) is 0 Å². The molecule has 0 radical (unpaired) electrons. The molecule has 0 saturated carbocycles. The molecule has 0 unspecified atom stereocenters. The first-order chi connectivity index (χ1) is 13.1. The molecule has 140 valence electrons. The van der Waals surface area contributed by atoms with Gasteiger partial charge in [0.15, 0.2) is 18.6 Å². The molecule has 0 N–H and O–H groups in total. The molecule has 4 nitrogen and oxygen atoms in total. The van der Waals surface area contributed by atoms with E-state index < -0.39 is 7.14 Å². The second kappa shape index (κ2) is 8.36. The Kier molecular flexibility index (Phi) is 6.12. The maximum atomic E-state index is 14.6. The van der Waals surface area contributed by atoms with Gasteiger partial charge in [0.05, 0.1) is 24.9 Å². The highest BCUT2D eigenvalue weighted by Gasteiger charge is 2.35. The normalized spacial score (nSPS) is 11.1. The quantitative estimate of drug-likeness (QED) is 0.385. The van der Waals surface area contributed by atoms with Crippen molar-refractivity contribution in [2.45, 2.75) is 0 Å². The van der Waals surface area contributed by atoms with Gasteiger partial charge < -0.3 is 18.8 Å². The van der Waals surface area contributed by atoms with Gasteiger partial charge in [-0.1, -0.05) is 60.7 Å². The number of rotatable bonds is 6. The summed E-state index contributed by atoms with van der Waals surface area (Å²) in [7, 11) is 1.54. The molecule has 0 fully saturated rings. The minimum atomic E-state index is -3.15. The number of hydrogen-bond acceptors (Lipinski definition) is 4. The van der Waals surface area contributed by atoms with Crippen LogP contribution in [0.2, 0.25) is 0 Å².